The van der Waals surface area contributed by atoms with Gasteiger partial charge in [-0.1, -0.05) is 0 Å². The molecule has 10 heteroatoms. The summed E-state index contributed by atoms with van der Waals surface area (Å²) in [5.41, 5.74) is 0.269. The normalized spacial score (nSPS) is 16.8. The van der Waals surface area contributed by atoms with Gasteiger partial charge in [-0.3, -0.25) is 9.52 Å². The topological polar surface area (TPSA) is 101 Å². The fraction of sp³-hybridized carbons (Fsp3) is 0.133. The molecular formula is C15H13FN2O5S2. The summed E-state index contributed by atoms with van der Waals surface area (Å²) in [7, 11) is -7.64. The number of amides is 1. The van der Waals surface area contributed by atoms with Crippen molar-refractivity contribution >= 4 is 37.3 Å². The maximum atomic E-state index is 12.9. The van der Waals surface area contributed by atoms with Crippen molar-refractivity contribution in [2.75, 3.05) is 14.8 Å². The van der Waals surface area contributed by atoms with E-state index >= 15 is 0 Å². The van der Waals surface area contributed by atoms with Crippen molar-refractivity contribution in [2.24, 2.45) is 0 Å². The molecule has 0 atom stereocenters. The van der Waals surface area contributed by atoms with Crippen LogP contribution in [0.15, 0.2) is 53.4 Å². The van der Waals surface area contributed by atoms with Gasteiger partial charge in [-0.15, -0.1) is 0 Å². The Morgan fingerprint density at radius 3 is 2.12 bits per heavy atom. The molecule has 2 aromatic carbocycles. The van der Waals surface area contributed by atoms with Crippen molar-refractivity contribution in [1.29, 1.82) is 0 Å². The lowest BCUT2D eigenvalue weighted by Gasteiger charge is -2.15. The van der Waals surface area contributed by atoms with Gasteiger partial charge in [-0.05, 0) is 48.5 Å². The van der Waals surface area contributed by atoms with Crippen molar-refractivity contribution in [2.45, 2.75) is 11.3 Å². The number of carbonyl (C=O) groups excluding carboxylic acids is 1. The zero-order valence-corrected chi connectivity index (χ0v) is 14.3. The maximum Gasteiger partial charge on any atom is 0.261 e. The van der Waals surface area contributed by atoms with Crippen LogP contribution in [0.1, 0.15) is 6.42 Å². The molecule has 1 saturated heterocycles. The molecule has 0 aliphatic carbocycles. The van der Waals surface area contributed by atoms with Gasteiger partial charge in [0.15, 0.2) is 0 Å². The number of carbonyl (C=O) groups is 1. The number of hydrogen-bond acceptors (Lipinski definition) is 5. The van der Waals surface area contributed by atoms with Crippen LogP contribution in [0, 0.1) is 5.82 Å². The van der Waals surface area contributed by atoms with E-state index in [-0.39, 0.29) is 28.4 Å². The van der Waals surface area contributed by atoms with Gasteiger partial charge in [0.2, 0.25) is 15.9 Å². The number of hydrogen-bond donors (Lipinski definition) is 1. The van der Waals surface area contributed by atoms with E-state index in [2.05, 4.69) is 4.72 Å². The minimum atomic E-state index is -3.93. The molecule has 0 bridgehead atoms. The lowest BCUT2D eigenvalue weighted by Crippen LogP contribution is -2.29. The smallest absolute Gasteiger partial charge is 0.261 e. The van der Waals surface area contributed by atoms with E-state index in [9.17, 15) is 26.0 Å². The van der Waals surface area contributed by atoms with Crippen molar-refractivity contribution in [3.8, 4) is 0 Å². The zero-order chi connectivity index (χ0) is 18.2. The minimum Gasteiger partial charge on any atom is -0.280 e. The summed E-state index contributed by atoms with van der Waals surface area (Å²) < 4.78 is 64.2. The molecule has 1 aliphatic rings. The Balaban J connectivity index is 1.86. The van der Waals surface area contributed by atoms with Crippen LogP contribution in [0.5, 0.6) is 0 Å². The van der Waals surface area contributed by atoms with E-state index in [1.54, 1.807) is 0 Å². The van der Waals surface area contributed by atoms with E-state index in [1.165, 1.54) is 36.4 Å². The average molecular weight is 384 g/mol. The van der Waals surface area contributed by atoms with Crippen molar-refractivity contribution in [3.05, 3.63) is 54.3 Å². The molecule has 132 valence electrons. The molecule has 25 heavy (non-hydrogen) atoms. The van der Waals surface area contributed by atoms with Gasteiger partial charge in [0.1, 0.15) is 5.82 Å². The van der Waals surface area contributed by atoms with Gasteiger partial charge in [0.05, 0.1) is 16.3 Å². The van der Waals surface area contributed by atoms with Gasteiger partial charge in [-0.2, -0.15) is 0 Å². The molecular weight excluding hydrogens is 371 g/mol. The standard InChI is InChI=1S/C15H13FN2O5S2/c16-11-1-3-12(4-2-11)17-25(22,23)14-7-5-13(6-8-14)18-15(19)9-10-24(18,20)21/h1-8,17H,9-10H2. The third-order valence-corrected chi connectivity index (χ3v) is 6.64. The summed E-state index contributed by atoms with van der Waals surface area (Å²) >= 11 is 0. The van der Waals surface area contributed by atoms with Crippen LogP contribution < -0.4 is 9.03 Å². The molecule has 7 nitrogen and oxygen atoms in total. The van der Waals surface area contributed by atoms with Crippen LogP contribution in [0.2, 0.25) is 0 Å². The number of nitrogens with zero attached hydrogens (tertiary/aromatic N) is 1. The molecule has 0 spiro atoms. The first-order valence-electron chi connectivity index (χ1n) is 7.13. The lowest BCUT2D eigenvalue weighted by molar-refractivity contribution is -0.116. The Hall–Kier alpha value is -2.46. The highest BCUT2D eigenvalue weighted by atomic mass is 32.2. The van der Waals surface area contributed by atoms with Crippen LogP contribution in [-0.2, 0) is 24.8 Å². The SMILES string of the molecule is O=C1CCS(=O)(=O)N1c1ccc(S(=O)(=O)Nc2ccc(F)cc2)cc1. The van der Waals surface area contributed by atoms with Crippen LogP contribution in [0.4, 0.5) is 15.8 Å². The van der Waals surface area contributed by atoms with E-state index < -0.39 is 31.8 Å². The first kappa shape index (κ1) is 17.4. The largest absolute Gasteiger partial charge is 0.280 e. The second kappa shape index (κ2) is 6.12. The molecule has 1 aliphatic heterocycles. The van der Waals surface area contributed by atoms with Gasteiger partial charge in [0, 0.05) is 12.1 Å². The predicted octanol–water partition coefficient (Wildman–Crippen LogP) is 1.69. The molecule has 0 aromatic heterocycles. The molecule has 1 amide bonds. The highest BCUT2D eigenvalue weighted by Crippen LogP contribution is 2.26. The quantitative estimate of drug-likeness (QED) is 0.865. The fourth-order valence-corrected chi connectivity index (χ4v) is 4.88. The first-order chi connectivity index (χ1) is 11.7. The fourth-order valence-electron chi connectivity index (χ4n) is 2.36. The summed E-state index contributed by atoms with van der Waals surface area (Å²) in [6.07, 6.45) is -0.103. The lowest BCUT2D eigenvalue weighted by atomic mass is 10.3. The van der Waals surface area contributed by atoms with Gasteiger partial charge in [-0.25, -0.2) is 25.5 Å². The van der Waals surface area contributed by atoms with E-state index in [0.29, 0.717) is 4.31 Å². The second-order valence-electron chi connectivity index (χ2n) is 5.33. The number of rotatable bonds is 4. The highest BCUT2D eigenvalue weighted by molar-refractivity contribution is 7.94. The van der Waals surface area contributed by atoms with E-state index in [4.69, 9.17) is 0 Å². The number of anilines is 2. The van der Waals surface area contributed by atoms with Crippen molar-refractivity contribution in [1.82, 2.24) is 0 Å². The number of sulfonamides is 2. The summed E-state index contributed by atoms with van der Waals surface area (Å²) in [6, 6.07) is 9.67. The third-order valence-electron chi connectivity index (χ3n) is 3.56. The maximum absolute atomic E-state index is 12.9. The summed E-state index contributed by atoms with van der Waals surface area (Å²) in [5.74, 6) is -1.32. The number of halogens is 1. The average Bonchev–Trinajstić information content (AvgIpc) is 2.83. The van der Waals surface area contributed by atoms with Crippen LogP contribution in [-0.4, -0.2) is 28.5 Å². The molecule has 1 N–H and O–H groups in total. The van der Waals surface area contributed by atoms with E-state index in [0.717, 1.165) is 12.1 Å². The van der Waals surface area contributed by atoms with Crippen LogP contribution in [0.3, 0.4) is 0 Å². The Bertz CT molecular complexity index is 1020. The Labute approximate surface area is 144 Å². The monoisotopic (exact) mass is 384 g/mol. The van der Waals surface area contributed by atoms with E-state index in [1.807, 2.05) is 0 Å². The highest BCUT2D eigenvalue weighted by Gasteiger charge is 2.36. The minimum absolute atomic E-state index is 0.0863. The van der Waals surface area contributed by atoms with Crippen LogP contribution in [0.25, 0.3) is 0 Å². The van der Waals surface area contributed by atoms with Gasteiger partial charge in [0.25, 0.3) is 10.0 Å². The molecule has 3 rings (SSSR count). The van der Waals surface area contributed by atoms with Crippen molar-refractivity contribution < 1.29 is 26.0 Å². The molecule has 1 heterocycles. The number of nitrogens with one attached hydrogen (secondary N) is 1. The van der Waals surface area contributed by atoms with Crippen LogP contribution >= 0.6 is 0 Å². The van der Waals surface area contributed by atoms with Gasteiger partial charge >= 0.3 is 0 Å². The zero-order valence-electron chi connectivity index (χ0n) is 12.7. The van der Waals surface area contributed by atoms with Crippen molar-refractivity contribution in [3.63, 3.8) is 0 Å². The predicted molar refractivity (Wildman–Crippen MR) is 89.5 cm³/mol. The molecule has 2 aromatic rings. The summed E-state index contributed by atoms with van der Waals surface area (Å²) in [4.78, 5) is 11.6. The Morgan fingerprint density at radius 1 is 1.00 bits per heavy atom. The Morgan fingerprint density at radius 2 is 1.60 bits per heavy atom. The number of benzene rings is 2. The molecule has 0 radical (unpaired) electrons. The molecule has 0 saturated carbocycles. The molecule has 0 unspecified atom stereocenters. The van der Waals surface area contributed by atoms with Gasteiger partial charge < -0.3 is 0 Å². The Kier molecular flexibility index (Phi) is 4.25. The molecule has 1 fully saturated rings. The third kappa shape index (κ3) is 3.49. The summed E-state index contributed by atoms with van der Waals surface area (Å²) in [5, 5.41) is 0. The summed E-state index contributed by atoms with van der Waals surface area (Å²) in [6.45, 7) is 0. The first-order valence-corrected chi connectivity index (χ1v) is 10.2. The second-order valence-corrected chi connectivity index (χ2v) is 8.95.